The molecule has 1 heterocycles. The highest BCUT2D eigenvalue weighted by Gasteiger charge is 2.17. The number of nitrogens with one attached hydrogen (secondary N) is 1. The zero-order valence-corrected chi connectivity index (χ0v) is 12.5. The average Bonchev–Trinajstić information content (AvgIpc) is 2.86. The van der Waals surface area contributed by atoms with Gasteiger partial charge in [0.05, 0.1) is 13.2 Å². The molecule has 0 bridgehead atoms. The molecule has 1 aliphatic heterocycles. The Morgan fingerprint density at radius 1 is 1.50 bits per heavy atom. The van der Waals surface area contributed by atoms with E-state index in [0.717, 1.165) is 42.3 Å². The quantitative estimate of drug-likeness (QED) is 0.621. The normalized spacial score (nSPS) is 12.9. The topological polar surface area (TPSA) is 47.6 Å². The fourth-order valence-electron chi connectivity index (χ4n) is 2.29. The minimum Gasteiger partial charge on any atom is -0.493 e. The van der Waals surface area contributed by atoms with E-state index in [0.29, 0.717) is 19.6 Å². The Bertz CT molecular complexity index is 476. The van der Waals surface area contributed by atoms with Gasteiger partial charge in [0.25, 0.3) is 0 Å². The van der Waals surface area contributed by atoms with Crippen molar-refractivity contribution in [3.63, 3.8) is 0 Å². The molecule has 0 radical (unpaired) electrons. The van der Waals surface area contributed by atoms with Crippen LogP contribution in [0.2, 0.25) is 5.02 Å². The lowest BCUT2D eigenvalue weighted by Crippen LogP contribution is -2.17. The van der Waals surface area contributed by atoms with Crippen LogP contribution in [0.25, 0.3) is 0 Å². The number of carbonyl (C=O) groups excluding carboxylic acids is 1. The highest BCUT2D eigenvalue weighted by molar-refractivity contribution is 6.30. The second-order valence-corrected chi connectivity index (χ2v) is 5.17. The first kappa shape index (κ1) is 15.1. The fourth-order valence-corrected chi connectivity index (χ4v) is 2.55. The van der Waals surface area contributed by atoms with Crippen molar-refractivity contribution < 1.29 is 14.3 Å². The van der Waals surface area contributed by atoms with E-state index in [1.54, 1.807) is 0 Å². The van der Waals surface area contributed by atoms with Gasteiger partial charge in [-0.25, -0.2) is 0 Å². The van der Waals surface area contributed by atoms with Gasteiger partial charge in [-0.2, -0.15) is 0 Å². The Balaban J connectivity index is 1.76. The zero-order chi connectivity index (χ0) is 14.4. The first-order valence-electron chi connectivity index (χ1n) is 7.01. The lowest BCUT2D eigenvalue weighted by molar-refractivity contribution is -0.143. The van der Waals surface area contributed by atoms with Crippen LogP contribution in [-0.4, -0.2) is 25.7 Å². The molecule has 5 heteroatoms. The predicted octanol–water partition coefficient (Wildman–Crippen LogP) is 2.71. The van der Waals surface area contributed by atoms with Gasteiger partial charge in [-0.1, -0.05) is 11.6 Å². The maximum atomic E-state index is 11.2. The van der Waals surface area contributed by atoms with Gasteiger partial charge in [-0.05, 0) is 37.6 Å². The lowest BCUT2D eigenvalue weighted by Gasteiger charge is -2.10. The highest BCUT2D eigenvalue weighted by Crippen LogP contribution is 2.32. The van der Waals surface area contributed by atoms with E-state index in [1.165, 1.54) is 5.56 Å². The summed E-state index contributed by atoms with van der Waals surface area (Å²) in [6.07, 6.45) is 2.14. The van der Waals surface area contributed by atoms with Crippen LogP contribution in [0.5, 0.6) is 5.75 Å². The Labute approximate surface area is 124 Å². The van der Waals surface area contributed by atoms with Crippen molar-refractivity contribution in [3.05, 3.63) is 28.3 Å². The van der Waals surface area contributed by atoms with Crippen LogP contribution >= 0.6 is 11.6 Å². The van der Waals surface area contributed by atoms with Gasteiger partial charge >= 0.3 is 5.97 Å². The number of hydrogen-bond acceptors (Lipinski definition) is 4. The second-order valence-electron chi connectivity index (χ2n) is 4.74. The summed E-state index contributed by atoms with van der Waals surface area (Å²) in [5, 5.41) is 4.06. The molecule has 0 saturated heterocycles. The molecule has 1 N–H and O–H groups in total. The molecular formula is C15H20ClNO3. The molecule has 20 heavy (non-hydrogen) atoms. The van der Waals surface area contributed by atoms with Crippen LogP contribution in [0.3, 0.4) is 0 Å². The van der Waals surface area contributed by atoms with E-state index in [1.807, 2.05) is 19.1 Å². The third-order valence-electron chi connectivity index (χ3n) is 3.18. The summed E-state index contributed by atoms with van der Waals surface area (Å²) in [7, 11) is 0. The van der Waals surface area contributed by atoms with Gasteiger partial charge in [0.15, 0.2) is 0 Å². The summed E-state index contributed by atoms with van der Waals surface area (Å²) in [5.74, 6) is 0.827. The van der Waals surface area contributed by atoms with Crippen LogP contribution in [-0.2, 0) is 22.5 Å². The van der Waals surface area contributed by atoms with Crippen molar-refractivity contribution in [2.45, 2.75) is 32.7 Å². The summed E-state index contributed by atoms with van der Waals surface area (Å²) in [4.78, 5) is 11.2. The molecule has 0 aliphatic carbocycles. The van der Waals surface area contributed by atoms with E-state index in [2.05, 4.69) is 5.32 Å². The Hall–Kier alpha value is -1.26. The summed E-state index contributed by atoms with van der Waals surface area (Å²) in [6, 6.07) is 3.90. The van der Waals surface area contributed by atoms with E-state index in [9.17, 15) is 4.79 Å². The fraction of sp³-hybridized carbons (Fsp3) is 0.533. The first-order chi connectivity index (χ1) is 9.70. The molecule has 0 aromatic heterocycles. The van der Waals surface area contributed by atoms with Gasteiger partial charge < -0.3 is 14.8 Å². The van der Waals surface area contributed by atoms with Crippen molar-refractivity contribution >= 4 is 17.6 Å². The number of carbonyl (C=O) groups is 1. The summed E-state index contributed by atoms with van der Waals surface area (Å²) in [6.45, 7) is 4.45. The zero-order valence-electron chi connectivity index (χ0n) is 11.7. The third kappa shape index (κ3) is 4.12. The summed E-state index contributed by atoms with van der Waals surface area (Å²) in [5.41, 5.74) is 2.27. The SMILES string of the molecule is CCOC(=O)CCCNCc1cc(Cl)cc2c1OCC2. The molecule has 1 aliphatic rings. The molecule has 0 unspecified atom stereocenters. The molecule has 0 saturated carbocycles. The molecule has 0 spiro atoms. The van der Waals surface area contributed by atoms with Crippen molar-refractivity contribution in [1.29, 1.82) is 0 Å². The Kier molecular flexibility index (Phi) is 5.68. The number of fused-ring (bicyclic) bond motifs is 1. The van der Waals surface area contributed by atoms with E-state index >= 15 is 0 Å². The monoisotopic (exact) mass is 297 g/mol. The van der Waals surface area contributed by atoms with Crippen molar-refractivity contribution in [3.8, 4) is 5.75 Å². The predicted molar refractivity (Wildman–Crippen MR) is 78.2 cm³/mol. The smallest absolute Gasteiger partial charge is 0.305 e. The molecule has 0 amide bonds. The Morgan fingerprint density at radius 2 is 2.35 bits per heavy atom. The molecule has 2 rings (SSSR count). The molecule has 1 aromatic carbocycles. The summed E-state index contributed by atoms with van der Waals surface area (Å²) < 4.78 is 10.5. The van der Waals surface area contributed by atoms with E-state index in [4.69, 9.17) is 21.1 Å². The van der Waals surface area contributed by atoms with Crippen LogP contribution in [0.15, 0.2) is 12.1 Å². The van der Waals surface area contributed by atoms with Gasteiger partial charge in [0.1, 0.15) is 5.75 Å². The Morgan fingerprint density at radius 3 is 3.15 bits per heavy atom. The highest BCUT2D eigenvalue weighted by atomic mass is 35.5. The minimum absolute atomic E-state index is 0.138. The largest absolute Gasteiger partial charge is 0.493 e. The molecule has 0 atom stereocenters. The van der Waals surface area contributed by atoms with Crippen LogP contribution < -0.4 is 10.1 Å². The molecule has 1 aromatic rings. The first-order valence-corrected chi connectivity index (χ1v) is 7.39. The van der Waals surface area contributed by atoms with Crippen molar-refractivity contribution in [2.75, 3.05) is 19.8 Å². The maximum Gasteiger partial charge on any atom is 0.305 e. The number of halogens is 1. The second kappa shape index (κ2) is 7.50. The van der Waals surface area contributed by atoms with E-state index < -0.39 is 0 Å². The van der Waals surface area contributed by atoms with Crippen LogP contribution in [0, 0.1) is 0 Å². The van der Waals surface area contributed by atoms with Crippen LogP contribution in [0.4, 0.5) is 0 Å². The lowest BCUT2D eigenvalue weighted by atomic mass is 10.1. The van der Waals surface area contributed by atoms with E-state index in [-0.39, 0.29) is 5.97 Å². The van der Waals surface area contributed by atoms with Crippen molar-refractivity contribution in [2.24, 2.45) is 0 Å². The van der Waals surface area contributed by atoms with Gasteiger partial charge in [-0.3, -0.25) is 4.79 Å². The average molecular weight is 298 g/mol. The van der Waals surface area contributed by atoms with Gasteiger partial charge in [0, 0.05) is 30.0 Å². The summed E-state index contributed by atoms with van der Waals surface area (Å²) >= 11 is 6.10. The van der Waals surface area contributed by atoms with Crippen LogP contribution in [0.1, 0.15) is 30.9 Å². The molecular weight excluding hydrogens is 278 g/mol. The van der Waals surface area contributed by atoms with Gasteiger partial charge in [0.2, 0.25) is 0 Å². The van der Waals surface area contributed by atoms with Crippen molar-refractivity contribution in [1.82, 2.24) is 5.32 Å². The molecule has 0 fully saturated rings. The number of esters is 1. The number of ether oxygens (including phenoxy) is 2. The minimum atomic E-state index is -0.138. The number of rotatable bonds is 7. The molecule has 110 valence electrons. The molecule has 4 nitrogen and oxygen atoms in total. The third-order valence-corrected chi connectivity index (χ3v) is 3.40. The van der Waals surface area contributed by atoms with Gasteiger partial charge in [-0.15, -0.1) is 0 Å². The maximum absolute atomic E-state index is 11.2. The number of hydrogen-bond donors (Lipinski definition) is 1. The standard InChI is InChI=1S/C15H20ClNO3/c1-2-19-14(18)4-3-6-17-10-12-9-13(16)8-11-5-7-20-15(11)12/h8-9,17H,2-7,10H2,1H3. The number of benzene rings is 1.